The van der Waals surface area contributed by atoms with Gasteiger partial charge in [-0.25, -0.2) is 4.90 Å². The van der Waals surface area contributed by atoms with Crippen LogP contribution < -0.4 is 9.80 Å². The van der Waals surface area contributed by atoms with E-state index >= 15 is 0 Å². The van der Waals surface area contributed by atoms with E-state index in [9.17, 15) is 14.7 Å². The maximum Gasteiger partial charge on any atom is 0.282 e. The van der Waals surface area contributed by atoms with Gasteiger partial charge >= 0.3 is 0 Å². The van der Waals surface area contributed by atoms with E-state index in [4.69, 9.17) is 0 Å². The molecule has 2 aromatic rings. The third kappa shape index (κ3) is 3.69. The van der Waals surface area contributed by atoms with Crippen molar-refractivity contribution < 1.29 is 14.7 Å². The summed E-state index contributed by atoms with van der Waals surface area (Å²) in [5.41, 5.74) is 3.40. The zero-order valence-electron chi connectivity index (χ0n) is 18.2. The predicted octanol–water partition coefficient (Wildman–Crippen LogP) is 3.28. The Balaban J connectivity index is 1.50. The Hall–Kier alpha value is -3.12. The van der Waals surface area contributed by atoms with Gasteiger partial charge in [0.2, 0.25) is 0 Å². The molecule has 1 unspecified atom stereocenters. The van der Waals surface area contributed by atoms with Gasteiger partial charge < -0.3 is 14.9 Å². The molecule has 0 aromatic heterocycles. The largest absolute Gasteiger partial charge is 0.396 e. The molecule has 0 saturated carbocycles. The number of amides is 2. The molecule has 1 N–H and O–H groups in total. The number of likely N-dealkylation sites (tertiary alicyclic amines) is 1. The molecule has 2 aromatic carbocycles. The molecule has 3 aliphatic rings. The number of benzene rings is 2. The van der Waals surface area contributed by atoms with Gasteiger partial charge in [0.1, 0.15) is 5.70 Å². The quantitative estimate of drug-likeness (QED) is 0.736. The highest BCUT2D eigenvalue weighted by molar-refractivity contribution is 6.45. The molecule has 0 bridgehead atoms. The van der Waals surface area contributed by atoms with Crippen molar-refractivity contribution in [3.05, 3.63) is 65.9 Å². The second kappa shape index (κ2) is 8.79. The minimum Gasteiger partial charge on any atom is -0.396 e. The number of piperidine rings is 1. The Kier molecular flexibility index (Phi) is 5.70. The lowest BCUT2D eigenvalue weighted by atomic mass is 9.97. The number of hydrogen-bond acceptors (Lipinski definition) is 5. The number of imide groups is 1. The van der Waals surface area contributed by atoms with E-state index in [0.29, 0.717) is 30.0 Å². The predicted molar refractivity (Wildman–Crippen MR) is 125 cm³/mol. The van der Waals surface area contributed by atoms with E-state index in [1.54, 1.807) is 0 Å². The Morgan fingerprint density at radius 1 is 0.781 bits per heavy atom. The fraction of sp³-hybridized carbons (Fsp3) is 0.385. The average molecular weight is 432 g/mol. The van der Waals surface area contributed by atoms with Gasteiger partial charge in [-0.1, -0.05) is 30.3 Å². The number of hydrogen-bond donors (Lipinski definition) is 1. The van der Waals surface area contributed by atoms with Crippen LogP contribution >= 0.6 is 0 Å². The monoisotopic (exact) mass is 431 g/mol. The second-order valence-electron chi connectivity index (χ2n) is 8.88. The first-order valence-corrected chi connectivity index (χ1v) is 11.6. The zero-order chi connectivity index (χ0) is 22.1. The van der Waals surface area contributed by atoms with Gasteiger partial charge in [0, 0.05) is 38.5 Å². The molecule has 6 heteroatoms. The molecular formula is C26H29N3O3. The molecule has 2 saturated heterocycles. The number of anilines is 2. The molecule has 3 aliphatic heterocycles. The third-order valence-electron chi connectivity index (χ3n) is 6.79. The summed E-state index contributed by atoms with van der Waals surface area (Å²) in [5, 5.41) is 9.69. The zero-order valence-corrected chi connectivity index (χ0v) is 18.2. The van der Waals surface area contributed by atoms with E-state index in [0.717, 1.165) is 37.2 Å². The van der Waals surface area contributed by atoms with Gasteiger partial charge in [-0.3, -0.25) is 9.59 Å². The fourth-order valence-corrected chi connectivity index (χ4v) is 5.12. The SMILES string of the molecule is O=C1C(c2ccccc2)=C(N2CCCC(CO)C2)C(=O)N1c1ccc(N2CCCC2)cc1. The Morgan fingerprint density at radius 3 is 2.12 bits per heavy atom. The van der Waals surface area contributed by atoms with E-state index in [1.807, 2.05) is 59.5 Å². The smallest absolute Gasteiger partial charge is 0.282 e. The number of nitrogens with zero attached hydrogens (tertiary/aromatic N) is 3. The summed E-state index contributed by atoms with van der Waals surface area (Å²) in [5.74, 6) is -0.442. The average Bonchev–Trinajstić information content (AvgIpc) is 3.46. The van der Waals surface area contributed by atoms with Crippen LogP contribution in [-0.4, -0.2) is 54.6 Å². The van der Waals surface area contributed by atoms with Crippen LogP contribution in [-0.2, 0) is 9.59 Å². The van der Waals surface area contributed by atoms with Crippen molar-refractivity contribution in [1.29, 1.82) is 0 Å². The van der Waals surface area contributed by atoms with Gasteiger partial charge in [0.25, 0.3) is 11.8 Å². The Morgan fingerprint density at radius 2 is 1.44 bits per heavy atom. The molecule has 5 rings (SSSR count). The van der Waals surface area contributed by atoms with Crippen LogP contribution in [0.1, 0.15) is 31.2 Å². The van der Waals surface area contributed by atoms with Crippen molar-refractivity contribution in [2.75, 3.05) is 42.6 Å². The number of carbonyl (C=O) groups excluding carboxylic acids is 2. The Labute approximate surface area is 188 Å². The third-order valence-corrected chi connectivity index (χ3v) is 6.79. The van der Waals surface area contributed by atoms with Crippen molar-refractivity contribution in [2.24, 2.45) is 5.92 Å². The van der Waals surface area contributed by atoms with E-state index in [2.05, 4.69) is 4.90 Å². The first-order chi connectivity index (χ1) is 15.7. The second-order valence-corrected chi connectivity index (χ2v) is 8.88. The highest BCUT2D eigenvalue weighted by Crippen LogP contribution is 2.37. The number of aliphatic hydroxyl groups excluding tert-OH is 1. The van der Waals surface area contributed by atoms with Gasteiger partial charge in [-0.05, 0) is 61.4 Å². The van der Waals surface area contributed by atoms with Crippen molar-refractivity contribution in [3.8, 4) is 0 Å². The van der Waals surface area contributed by atoms with Gasteiger partial charge in [-0.15, -0.1) is 0 Å². The number of rotatable bonds is 5. The molecule has 0 spiro atoms. The summed E-state index contributed by atoms with van der Waals surface area (Å²) >= 11 is 0. The summed E-state index contributed by atoms with van der Waals surface area (Å²) in [6.07, 6.45) is 4.22. The first-order valence-electron chi connectivity index (χ1n) is 11.6. The highest BCUT2D eigenvalue weighted by Gasteiger charge is 2.43. The van der Waals surface area contributed by atoms with Crippen LogP contribution in [0.15, 0.2) is 60.3 Å². The molecule has 0 aliphatic carbocycles. The Bertz CT molecular complexity index is 1030. The van der Waals surface area contributed by atoms with Gasteiger partial charge in [0.05, 0.1) is 11.3 Å². The van der Waals surface area contributed by atoms with E-state index < -0.39 is 0 Å². The van der Waals surface area contributed by atoms with Crippen molar-refractivity contribution in [3.63, 3.8) is 0 Å². The molecule has 32 heavy (non-hydrogen) atoms. The topological polar surface area (TPSA) is 64.1 Å². The minimum absolute atomic E-state index is 0.0915. The van der Waals surface area contributed by atoms with Crippen LogP contribution in [0, 0.1) is 5.92 Å². The summed E-state index contributed by atoms with van der Waals surface area (Å²) in [6.45, 7) is 3.48. The van der Waals surface area contributed by atoms with Crippen LogP contribution in [0.25, 0.3) is 5.57 Å². The van der Waals surface area contributed by atoms with E-state index in [-0.39, 0.29) is 24.3 Å². The number of carbonyl (C=O) groups is 2. The minimum atomic E-state index is -0.281. The molecule has 2 fully saturated rings. The van der Waals surface area contributed by atoms with E-state index in [1.165, 1.54) is 17.7 Å². The summed E-state index contributed by atoms with van der Waals surface area (Å²) in [7, 11) is 0. The summed E-state index contributed by atoms with van der Waals surface area (Å²) < 4.78 is 0. The molecule has 3 heterocycles. The lowest BCUT2D eigenvalue weighted by Crippen LogP contribution is -2.40. The fourth-order valence-electron chi connectivity index (χ4n) is 5.12. The lowest BCUT2D eigenvalue weighted by Gasteiger charge is -2.34. The van der Waals surface area contributed by atoms with Crippen molar-refractivity contribution in [1.82, 2.24) is 4.90 Å². The lowest BCUT2D eigenvalue weighted by molar-refractivity contribution is -0.120. The molecular weight excluding hydrogens is 402 g/mol. The van der Waals surface area contributed by atoms with Crippen LogP contribution in [0.2, 0.25) is 0 Å². The highest BCUT2D eigenvalue weighted by atomic mass is 16.3. The first kappa shape index (κ1) is 20.8. The van der Waals surface area contributed by atoms with Crippen molar-refractivity contribution >= 4 is 28.8 Å². The molecule has 6 nitrogen and oxygen atoms in total. The van der Waals surface area contributed by atoms with Crippen LogP contribution in [0.3, 0.4) is 0 Å². The molecule has 2 amide bonds. The normalized spacial score (nSPS) is 21.8. The van der Waals surface area contributed by atoms with Gasteiger partial charge in [0.15, 0.2) is 0 Å². The molecule has 166 valence electrons. The van der Waals surface area contributed by atoms with Crippen LogP contribution in [0.5, 0.6) is 0 Å². The summed E-state index contributed by atoms with van der Waals surface area (Å²) in [4.78, 5) is 32.9. The molecule has 1 atom stereocenters. The van der Waals surface area contributed by atoms with Crippen LogP contribution in [0.4, 0.5) is 11.4 Å². The summed E-state index contributed by atoms with van der Waals surface area (Å²) in [6, 6.07) is 17.2. The van der Waals surface area contributed by atoms with Gasteiger partial charge in [-0.2, -0.15) is 0 Å². The maximum atomic E-state index is 13.7. The standard InChI is InChI=1S/C26H29N3O3/c30-18-19-7-6-16-28(17-19)24-23(20-8-2-1-3-9-20)25(31)29(26(24)32)22-12-10-21(11-13-22)27-14-4-5-15-27/h1-3,8-13,19,30H,4-7,14-18H2. The maximum absolute atomic E-state index is 13.7. The number of aliphatic hydroxyl groups is 1. The van der Waals surface area contributed by atoms with Crippen molar-refractivity contribution in [2.45, 2.75) is 25.7 Å². The molecule has 0 radical (unpaired) electrons.